The van der Waals surface area contributed by atoms with Crippen molar-refractivity contribution in [1.29, 1.82) is 0 Å². The third kappa shape index (κ3) is 5.79. The van der Waals surface area contributed by atoms with E-state index in [1.54, 1.807) is 26.5 Å². The van der Waals surface area contributed by atoms with E-state index in [0.717, 1.165) is 11.1 Å². The van der Waals surface area contributed by atoms with Crippen LogP contribution in [0.15, 0.2) is 47.0 Å². The predicted molar refractivity (Wildman–Crippen MR) is 138 cm³/mol. The summed E-state index contributed by atoms with van der Waals surface area (Å²) in [6.07, 6.45) is 3.20. The molecule has 2 aromatic carbocycles. The highest BCUT2D eigenvalue weighted by atomic mass is 35.5. The van der Waals surface area contributed by atoms with E-state index in [-0.39, 0.29) is 23.5 Å². The van der Waals surface area contributed by atoms with Crippen LogP contribution in [0.3, 0.4) is 0 Å². The lowest BCUT2D eigenvalue weighted by Crippen LogP contribution is -2.24. The Morgan fingerprint density at radius 1 is 1.14 bits per heavy atom. The summed E-state index contributed by atoms with van der Waals surface area (Å²) in [7, 11) is 4.55. The van der Waals surface area contributed by atoms with Gasteiger partial charge in [0.05, 0.1) is 44.4 Å². The van der Waals surface area contributed by atoms with Gasteiger partial charge in [0.25, 0.3) is 0 Å². The largest absolute Gasteiger partial charge is 0.493 e. The van der Waals surface area contributed by atoms with Crippen molar-refractivity contribution >= 4 is 40.9 Å². The normalized spacial score (nSPS) is 17.1. The highest BCUT2D eigenvalue weighted by molar-refractivity contribution is 8.01. The number of para-hydroxylation sites is 1. The number of nitrogens with zero attached hydrogens (tertiary/aromatic N) is 1. The number of amides is 1. The third-order valence-electron chi connectivity index (χ3n) is 5.89. The highest BCUT2D eigenvalue weighted by Crippen LogP contribution is 2.50. The van der Waals surface area contributed by atoms with Gasteiger partial charge in [0.1, 0.15) is 5.76 Å². The SMILES string of the molecule is COC(=O)CCc1cnc(CC[C@@H]2S[C@@H](c3cccc(OC)c3OC)c3cc(Cl)ccc3NC2=O)o1. The smallest absolute Gasteiger partial charge is 0.305 e. The number of benzene rings is 2. The number of methoxy groups -OCH3 is 3. The molecule has 0 unspecified atom stereocenters. The zero-order valence-corrected chi connectivity index (χ0v) is 21.8. The van der Waals surface area contributed by atoms with E-state index in [0.29, 0.717) is 53.1 Å². The Kier molecular flexibility index (Phi) is 8.43. The molecule has 0 bridgehead atoms. The summed E-state index contributed by atoms with van der Waals surface area (Å²) in [4.78, 5) is 28.9. The van der Waals surface area contributed by atoms with Gasteiger partial charge in [-0.2, -0.15) is 0 Å². The van der Waals surface area contributed by atoms with Crippen LogP contribution in [-0.2, 0) is 27.2 Å². The molecule has 0 saturated heterocycles. The van der Waals surface area contributed by atoms with E-state index >= 15 is 0 Å². The van der Waals surface area contributed by atoms with Gasteiger partial charge >= 0.3 is 5.97 Å². The van der Waals surface area contributed by atoms with Gasteiger partial charge in [-0.15, -0.1) is 11.8 Å². The number of oxazole rings is 1. The Hall–Kier alpha value is -3.17. The lowest BCUT2D eigenvalue weighted by atomic mass is 10.0. The lowest BCUT2D eigenvalue weighted by molar-refractivity contribution is -0.140. The van der Waals surface area contributed by atoms with Crippen LogP contribution in [0.25, 0.3) is 0 Å². The van der Waals surface area contributed by atoms with Crippen molar-refractivity contribution in [3.63, 3.8) is 0 Å². The Balaban J connectivity index is 1.59. The van der Waals surface area contributed by atoms with Gasteiger partial charge in [-0.25, -0.2) is 4.98 Å². The summed E-state index contributed by atoms with van der Waals surface area (Å²) in [5, 5.41) is 2.99. The van der Waals surface area contributed by atoms with Crippen molar-refractivity contribution in [2.24, 2.45) is 0 Å². The molecule has 10 heteroatoms. The van der Waals surface area contributed by atoms with Crippen LogP contribution >= 0.6 is 23.4 Å². The van der Waals surface area contributed by atoms with E-state index in [1.165, 1.54) is 18.9 Å². The van der Waals surface area contributed by atoms with Gasteiger partial charge in [-0.3, -0.25) is 9.59 Å². The first kappa shape index (κ1) is 25.9. The number of thioether (sulfide) groups is 1. The number of hydrogen-bond donors (Lipinski definition) is 1. The van der Waals surface area contributed by atoms with E-state index in [2.05, 4.69) is 15.0 Å². The third-order valence-corrected chi connectivity index (χ3v) is 7.68. The molecule has 1 aliphatic rings. The molecule has 1 N–H and O–H groups in total. The van der Waals surface area contributed by atoms with Crippen LogP contribution in [0.2, 0.25) is 5.02 Å². The van der Waals surface area contributed by atoms with Gasteiger partial charge in [0.2, 0.25) is 5.91 Å². The number of rotatable bonds is 9. The standard InChI is InChI=1S/C26H27ClN2O6S/c1-32-20-6-4-5-17(24(20)34-3)25-18-13-15(27)7-9-19(18)29-26(31)21(36-25)10-11-22-28-14-16(35-22)8-12-23(30)33-2/h4-7,9,13-14,21,25H,8,10-12H2,1-3H3,(H,29,31)/t21-,25-/m0/s1. The molecule has 1 aromatic heterocycles. The molecule has 2 heterocycles. The minimum absolute atomic E-state index is 0.106. The molecular weight excluding hydrogens is 504 g/mol. The first-order chi connectivity index (χ1) is 17.4. The summed E-state index contributed by atoms with van der Waals surface area (Å²) in [6.45, 7) is 0. The Bertz CT molecular complexity index is 1250. The van der Waals surface area contributed by atoms with Gasteiger partial charge in [0, 0.05) is 29.1 Å². The van der Waals surface area contributed by atoms with Crippen molar-refractivity contribution in [3.8, 4) is 11.5 Å². The number of carbonyl (C=O) groups excluding carboxylic acids is 2. The maximum absolute atomic E-state index is 13.2. The van der Waals surface area contributed by atoms with Gasteiger partial charge in [0.15, 0.2) is 17.4 Å². The van der Waals surface area contributed by atoms with Crippen molar-refractivity contribution in [2.45, 2.75) is 36.2 Å². The zero-order chi connectivity index (χ0) is 25.7. The van der Waals surface area contributed by atoms with Crippen LogP contribution in [0.5, 0.6) is 11.5 Å². The summed E-state index contributed by atoms with van der Waals surface area (Å²) < 4.78 is 21.7. The Morgan fingerprint density at radius 3 is 2.72 bits per heavy atom. The fourth-order valence-corrected chi connectivity index (χ4v) is 5.72. The first-order valence-electron chi connectivity index (χ1n) is 11.4. The maximum Gasteiger partial charge on any atom is 0.305 e. The summed E-state index contributed by atoms with van der Waals surface area (Å²) in [5.41, 5.74) is 2.47. The number of aryl methyl sites for hydroxylation is 2. The highest BCUT2D eigenvalue weighted by Gasteiger charge is 2.34. The Labute approximate surface area is 218 Å². The molecule has 1 amide bonds. The van der Waals surface area contributed by atoms with Gasteiger partial charge in [-0.1, -0.05) is 23.7 Å². The Morgan fingerprint density at radius 2 is 1.97 bits per heavy atom. The van der Waals surface area contributed by atoms with E-state index < -0.39 is 5.25 Å². The topological polar surface area (TPSA) is 99.9 Å². The molecule has 2 atom stereocenters. The second-order valence-electron chi connectivity index (χ2n) is 8.14. The number of carbonyl (C=O) groups is 2. The number of halogens is 1. The minimum Gasteiger partial charge on any atom is -0.493 e. The molecule has 4 rings (SSSR count). The summed E-state index contributed by atoms with van der Waals surface area (Å²) in [5.74, 6) is 1.93. The van der Waals surface area contributed by atoms with Crippen LogP contribution in [0.4, 0.5) is 5.69 Å². The number of esters is 1. The summed E-state index contributed by atoms with van der Waals surface area (Å²) in [6, 6.07) is 11.2. The fourth-order valence-electron chi connectivity index (χ4n) is 4.10. The molecule has 36 heavy (non-hydrogen) atoms. The maximum atomic E-state index is 13.2. The molecule has 3 aromatic rings. The molecule has 1 aliphatic heterocycles. The molecular formula is C26H27ClN2O6S. The van der Waals surface area contributed by atoms with Crippen LogP contribution in [-0.4, -0.2) is 43.4 Å². The van der Waals surface area contributed by atoms with Crippen LogP contribution < -0.4 is 14.8 Å². The average molecular weight is 531 g/mol. The van der Waals surface area contributed by atoms with Gasteiger partial charge in [-0.05, 0) is 36.2 Å². The number of ether oxygens (including phenoxy) is 3. The number of anilines is 1. The van der Waals surface area contributed by atoms with E-state index in [9.17, 15) is 9.59 Å². The van der Waals surface area contributed by atoms with E-state index in [4.69, 9.17) is 25.5 Å². The molecule has 0 radical (unpaired) electrons. The number of aromatic nitrogens is 1. The van der Waals surface area contributed by atoms with Crippen LogP contribution in [0, 0.1) is 0 Å². The van der Waals surface area contributed by atoms with Crippen molar-refractivity contribution < 1.29 is 28.2 Å². The molecule has 0 aliphatic carbocycles. The molecule has 0 saturated carbocycles. The van der Waals surface area contributed by atoms with Crippen molar-refractivity contribution in [3.05, 3.63) is 70.4 Å². The summed E-state index contributed by atoms with van der Waals surface area (Å²) >= 11 is 7.88. The number of fused-ring (bicyclic) bond motifs is 1. The number of nitrogens with one attached hydrogen (secondary N) is 1. The molecule has 8 nitrogen and oxygen atoms in total. The lowest BCUT2D eigenvalue weighted by Gasteiger charge is -2.23. The van der Waals surface area contributed by atoms with Crippen molar-refractivity contribution in [1.82, 2.24) is 4.98 Å². The molecule has 0 fully saturated rings. The number of hydrogen-bond acceptors (Lipinski definition) is 8. The van der Waals surface area contributed by atoms with Gasteiger partial charge < -0.3 is 23.9 Å². The fraction of sp³-hybridized carbons (Fsp3) is 0.346. The minimum atomic E-state index is -0.400. The zero-order valence-electron chi connectivity index (χ0n) is 20.2. The predicted octanol–water partition coefficient (Wildman–Crippen LogP) is 5.23. The quantitative estimate of drug-likeness (QED) is 0.375. The molecule has 0 spiro atoms. The van der Waals surface area contributed by atoms with E-state index in [1.807, 2.05) is 30.3 Å². The first-order valence-corrected chi connectivity index (χ1v) is 12.7. The second kappa shape index (κ2) is 11.7. The average Bonchev–Trinajstić information content (AvgIpc) is 3.30. The van der Waals surface area contributed by atoms with Crippen LogP contribution in [0.1, 0.15) is 40.9 Å². The second-order valence-corrected chi connectivity index (χ2v) is 9.89. The monoisotopic (exact) mass is 530 g/mol. The molecule has 190 valence electrons. The van der Waals surface area contributed by atoms with Crippen molar-refractivity contribution in [2.75, 3.05) is 26.6 Å².